The number of hydrogen-bond donors (Lipinski definition) is 2. The van der Waals surface area contributed by atoms with Gasteiger partial charge < -0.3 is 11.5 Å². The van der Waals surface area contributed by atoms with Crippen LogP contribution in [0.1, 0.15) is 129 Å². The molecule has 0 atom stereocenters. The van der Waals surface area contributed by atoms with Crippen molar-refractivity contribution in [1.82, 2.24) is 0 Å². The number of nitrogen functional groups attached to an aromatic ring is 2. The van der Waals surface area contributed by atoms with E-state index in [-0.39, 0.29) is 0 Å². The second-order valence-corrected chi connectivity index (χ2v) is 13.2. The highest BCUT2D eigenvalue weighted by atomic mass is 14.5. The van der Waals surface area contributed by atoms with Gasteiger partial charge in [0.05, 0.1) is 0 Å². The summed E-state index contributed by atoms with van der Waals surface area (Å²) in [7, 11) is 0. The zero-order valence-electron chi connectivity index (χ0n) is 28.3. The Bertz CT molecular complexity index is 1290. The fraction of sp³-hybridized carbons (Fsp3) is 0.442. The second-order valence-electron chi connectivity index (χ2n) is 13.2. The summed E-state index contributed by atoms with van der Waals surface area (Å²) in [4.78, 5) is 0. The molecule has 0 radical (unpaired) electrons. The van der Waals surface area contributed by atoms with E-state index >= 15 is 0 Å². The smallest absolute Gasteiger partial charge is 0.0314 e. The predicted molar refractivity (Wildman–Crippen MR) is 197 cm³/mol. The average Bonchev–Trinajstić information content (AvgIpc) is 3.05. The fourth-order valence-electron chi connectivity index (χ4n) is 6.57. The SMILES string of the molecule is CCCCCCc1cc(Cc2ccc(N)cc2)ccc1CCCCCc1ccc(Cc2ccc(N)cc2)cc1CCCCCC. The standard InChI is InChI=1S/C43H58N2/c1-3-5-7-10-16-40-32-36(30-34-20-26-42(44)27-21-34)18-24-38(40)14-12-9-13-15-39-25-19-37(31-35-22-28-43(45)29-23-35)33-41(39)17-11-8-6-4-2/h18-29,32-33H,3-17,30-31,44-45H2,1-2H3. The van der Waals surface area contributed by atoms with Crippen molar-refractivity contribution in [1.29, 1.82) is 0 Å². The Morgan fingerprint density at radius 2 is 0.689 bits per heavy atom. The van der Waals surface area contributed by atoms with Crippen molar-refractivity contribution in [3.8, 4) is 0 Å². The fourth-order valence-corrected chi connectivity index (χ4v) is 6.57. The summed E-state index contributed by atoms with van der Waals surface area (Å²) < 4.78 is 0. The van der Waals surface area contributed by atoms with Gasteiger partial charge in [0.15, 0.2) is 0 Å². The Morgan fingerprint density at radius 3 is 1.07 bits per heavy atom. The first-order valence-electron chi connectivity index (χ1n) is 17.9. The molecule has 0 amide bonds. The molecule has 45 heavy (non-hydrogen) atoms. The summed E-state index contributed by atoms with van der Waals surface area (Å²) in [6.45, 7) is 4.59. The lowest BCUT2D eigenvalue weighted by molar-refractivity contribution is 0.648. The lowest BCUT2D eigenvalue weighted by Crippen LogP contribution is -2.00. The van der Waals surface area contributed by atoms with E-state index in [0.29, 0.717) is 0 Å². The highest BCUT2D eigenvalue weighted by Gasteiger charge is 2.09. The van der Waals surface area contributed by atoms with Crippen LogP contribution >= 0.6 is 0 Å². The van der Waals surface area contributed by atoms with Crippen molar-refractivity contribution in [3.63, 3.8) is 0 Å². The van der Waals surface area contributed by atoms with Crippen molar-refractivity contribution >= 4 is 11.4 Å². The molecule has 0 saturated carbocycles. The number of aryl methyl sites for hydroxylation is 4. The van der Waals surface area contributed by atoms with Crippen LogP contribution in [0.25, 0.3) is 0 Å². The Kier molecular flexibility index (Phi) is 14.6. The number of anilines is 2. The molecule has 0 unspecified atom stereocenters. The van der Waals surface area contributed by atoms with Crippen LogP contribution in [-0.2, 0) is 38.5 Å². The molecule has 2 nitrogen and oxygen atoms in total. The average molecular weight is 603 g/mol. The largest absolute Gasteiger partial charge is 0.399 e. The highest BCUT2D eigenvalue weighted by molar-refractivity contribution is 5.43. The molecule has 240 valence electrons. The van der Waals surface area contributed by atoms with E-state index in [1.54, 1.807) is 22.3 Å². The molecule has 0 aliphatic rings. The van der Waals surface area contributed by atoms with Crippen molar-refractivity contribution in [3.05, 3.63) is 129 Å². The van der Waals surface area contributed by atoms with Gasteiger partial charge in [-0.1, -0.05) is 119 Å². The minimum atomic E-state index is 0.834. The number of rotatable bonds is 20. The molecule has 4 rings (SSSR count). The quantitative estimate of drug-likeness (QED) is 0.0781. The third-order valence-electron chi connectivity index (χ3n) is 9.31. The molecule has 4 N–H and O–H groups in total. The van der Waals surface area contributed by atoms with E-state index in [2.05, 4.69) is 74.5 Å². The van der Waals surface area contributed by atoms with Crippen LogP contribution in [0.15, 0.2) is 84.9 Å². The Labute approximate surface area is 274 Å². The first-order chi connectivity index (χ1) is 22.0. The molecule has 4 aromatic carbocycles. The van der Waals surface area contributed by atoms with Crippen molar-refractivity contribution < 1.29 is 0 Å². The van der Waals surface area contributed by atoms with Crippen LogP contribution < -0.4 is 11.5 Å². The van der Waals surface area contributed by atoms with Gasteiger partial charge in [-0.2, -0.15) is 0 Å². The van der Waals surface area contributed by atoms with E-state index in [1.807, 2.05) is 24.3 Å². The number of benzene rings is 4. The molecule has 0 aromatic heterocycles. The summed E-state index contributed by atoms with van der Waals surface area (Å²) in [5.74, 6) is 0. The van der Waals surface area contributed by atoms with Crippen LogP contribution in [-0.4, -0.2) is 0 Å². The number of nitrogens with two attached hydrogens (primary N) is 2. The van der Waals surface area contributed by atoms with Gasteiger partial charge in [-0.05, 0) is 133 Å². The van der Waals surface area contributed by atoms with Crippen LogP contribution in [0.5, 0.6) is 0 Å². The number of hydrogen-bond acceptors (Lipinski definition) is 2. The Hall–Kier alpha value is -3.52. The third-order valence-corrected chi connectivity index (χ3v) is 9.31. The first kappa shape index (κ1) is 34.4. The minimum Gasteiger partial charge on any atom is -0.399 e. The summed E-state index contributed by atoms with van der Waals surface area (Å²) in [6, 6.07) is 31.3. The maximum Gasteiger partial charge on any atom is 0.0314 e. The zero-order chi connectivity index (χ0) is 31.7. The van der Waals surface area contributed by atoms with Gasteiger partial charge in [-0.15, -0.1) is 0 Å². The molecule has 0 aliphatic heterocycles. The van der Waals surface area contributed by atoms with Crippen LogP contribution in [0, 0.1) is 0 Å². The summed E-state index contributed by atoms with van der Waals surface area (Å²) in [6.07, 6.45) is 21.0. The monoisotopic (exact) mass is 602 g/mol. The van der Waals surface area contributed by atoms with E-state index in [9.17, 15) is 0 Å². The topological polar surface area (TPSA) is 52.0 Å². The van der Waals surface area contributed by atoms with Gasteiger partial charge in [0.1, 0.15) is 0 Å². The molecule has 0 bridgehead atoms. The van der Waals surface area contributed by atoms with E-state index < -0.39 is 0 Å². The molecule has 0 heterocycles. The van der Waals surface area contributed by atoms with Crippen molar-refractivity contribution in [2.75, 3.05) is 11.5 Å². The van der Waals surface area contributed by atoms with E-state index in [4.69, 9.17) is 11.5 Å². The second kappa shape index (κ2) is 19.1. The maximum absolute atomic E-state index is 5.91. The maximum atomic E-state index is 5.91. The first-order valence-corrected chi connectivity index (χ1v) is 17.9. The molecule has 0 aliphatic carbocycles. The van der Waals surface area contributed by atoms with Crippen LogP contribution in [0.2, 0.25) is 0 Å². The molecule has 0 fully saturated rings. The van der Waals surface area contributed by atoms with E-state index in [1.165, 1.54) is 119 Å². The van der Waals surface area contributed by atoms with Gasteiger partial charge in [-0.25, -0.2) is 0 Å². The lowest BCUT2D eigenvalue weighted by Gasteiger charge is -2.14. The normalized spacial score (nSPS) is 11.2. The van der Waals surface area contributed by atoms with Gasteiger partial charge in [0.2, 0.25) is 0 Å². The highest BCUT2D eigenvalue weighted by Crippen LogP contribution is 2.23. The van der Waals surface area contributed by atoms with Gasteiger partial charge in [0.25, 0.3) is 0 Å². The summed E-state index contributed by atoms with van der Waals surface area (Å²) >= 11 is 0. The minimum absolute atomic E-state index is 0.834. The Balaban J connectivity index is 1.34. The summed E-state index contributed by atoms with van der Waals surface area (Å²) in [5.41, 5.74) is 25.3. The van der Waals surface area contributed by atoms with Gasteiger partial charge in [-0.3, -0.25) is 0 Å². The van der Waals surface area contributed by atoms with E-state index in [0.717, 1.165) is 24.2 Å². The zero-order valence-corrected chi connectivity index (χ0v) is 28.3. The summed E-state index contributed by atoms with van der Waals surface area (Å²) in [5, 5.41) is 0. The Morgan fingerprint density at radius 1 is 0.356 bits per heavy atom. The molecule has 0 saturated heterocycles. The lowest BCUT2D eigenvalue weighted by atomic mass is 9.91. The molecular weight excluding hydrogens is 544 g/mol. The predicted octanol–water partition coefficient (Wildman–Crippen LogP) is 11.2. The number of unbranched alkanes of at least 4 members (excludes halogenated alkanes) is 8. The van der Waals surface area contributed by atoms with Crippen molar-refractivity contribution in [2.24, 2.45) is 0 Å². The van der Waals surface area contributed by atoms with Crippen molar-refractivity contribution in [2.45, 2.75) is 123 Å². The van der Waals surface area contributed by atoms with Crippen LogP contribution in [0.4, 0.5) is 11.4 Å². The molecular formula is C43H58N2. The van der Waals surface area contributed by atoms with Gasteiger partial charge in [0, 0.05) is 11.4 Å². The third kappa shape index (κ3) is 12.1. The van der Waals surface area contributed by atoms with Gasteiger partial charge >= 0.3 is 0 Å². The molecule has 0 spiro atoms. The molecule has 2 heteroatoms. The van der Waals surface area contributed by atoms with Crippen LogP contribution in [0.3, 0.4) is 0 Å². The molecule has 4 aromatic rings.